The highest BCUT2D eigenvalue weighted by atomic mass is 35.5. The number of rotatable bonds is 4. The van der Waals surface area contributed by atoms with Crippen LogP contribution in [0.3, 0.4) is 0 Å². The molecule has 0 spiro atoms. The third-order valence-corrected chi connectivity index (χ3v) is 5.24. The van der Waals surface area contributed by atoms with E-state index >= 15 is 0 Å². The molecule has 4 aromatic rings. The molecule has 0 saturated carbocycles. The number of nitrogens with zero attached hydrogens (tertiary/aromatic N) is 2. The van der Waals surface area contributed by atoms with Crippen LogP contribution < -0.4 is 5.56 Å². The molecule has 0 fully saturated rings. The van der Waals surface area contributed by atoms with Gasteiger partial charge in [0, 0.05) is 10.6 Å². The first-order valence-electron chi connectivity index (χ1n) is 7.00. The fourth-order valence-electron chi connectivity index (χ4n) is 2.17. The van der Waals surface area contributed by atoms with E-state index in [2.05, 4.69) is 15.0 Å². The zero-order chi connectivity index (χ0) is 16.5. The van der Waals surface area contributed by atoms with Crippen molar-refractivity contribution in [2.24, 2.45) is 0 Å². The van der Waals surface area contributed by atoms with Gasteiger partial charge in [0.05, 0.1) is 17.3 Å². The Morgan fingerprint density at radius 3 is 2.92 bits per heavy atom. The van der Waals surface area contributed by atoms with Gasteiger partial charge in [-0.25, -0.2) is 9.97 Å². The molecular formula is C16H10ClN3O2S2. The molecule has 3 aromatic heterocycles. The Balaban J connectivity index is 1.51. The molecule has 0 radical (unpaired) electrons. The highest BCUT2D eigenvalue weighted by Gasteiger charge is 2.10. The van der Waals surface area contributed by atoms with Gasteiger partial charge in [0.15, 0.2) is 10.9 Å². The number of thiophene rings is 1. The lowest BCUT2D eigenvalue weighted by Gasteiger charge is -1.99. The zero-order valence-electron chi connectivity index (χ0n) is 12.2. The van der Waals surface area contributed by atoms with Crippen LogP contribution in [-0.2, 0) is 5.75 Å². The first kappa shape index (κ1) is 15.4. The summed E-state index contributed by atoms with van der Waals surface area (Å²) in [5.74, 6) is 1.73. The second-order valence-corrected chi connectivity index (χ2v) is 7.22. The summed E-state index contributed by atoms with van der Waals surface area (Å²) in [6, 6.07) is 9.14. The summed E-state index contributed by atoms with van der Waals surface area (Å²) in [5.41, 5.74) is 0.785. The van der Waals surface area contributed by atoms with E-state index in [1.54, 1.807) is 24.4 Å². The monoisotopic (exact) mass is 375 g/mol. The van der Waals surface area contributed by atoms with Crippen molar-refractivity contribution in [2.45, 2.75) is 10.9 Å². The van der Waals surface area contributed by atoms with Crippen molar-refractivity contribution in [3.05, 3.63) is 63.2 Å². The molecule has 0 atom stereocenters. The van der Waals surface area contributed by atoms with Crippen molar-refractivity contribution < 1.29 is 4.42 Å². The van der Waals surface area contributed by atoms with Crippen LogP contribution in [0.25, 0.3) is 21.5 Å². The van der Waals surface area contributed by atoms with Crippen LogP contribution in [0.2, 0.25) is 5.02 Å². The summed E-state index contributed by atoms with van der Waals surface area (Å²) >= 11 is 8.71. The SMILES string of the molecule is O=c1[nH]c(SCc2ncc(-c3ccc(Cl)cc3)o2)nc2sccc12. The van der Waals surface area contributed by atoms with Gasteiger partial charge in [-0.2, -0.15) is 0 Å². The third-order valence-electron chi connectivity index (χ3n) is 3.33. The van der Waals surface area contributed by atoms with Crippen LogP contribution >= 0.6 is 34.7 Å². The van der Waals surface area contributed by atoms with E-state index in [4.69, 9.17) is 16.0 Å². The molecule has 4 rings (SSSR count). The fraction of sp³-hybridized carbons (Fsp3) is 0.0625. The number of fused-ring (bicyclic) bond motifs is 1. The predicted octanol–water partition coefficient (Wildman–Crippen LogP) is 4.59. The molecule has 0 aliphatic rings. The minimum absolute atomic E-state index is 0.127. The van der Waals surface area contributed by atoms with Crippen LogP contribution in [0.4, 0.5) is 0 Å². The van der Waals surface area contributed by atoms with Gasteiger partial charge in [0.25, 0.3) is 5.56 Å². The number of thioether (sulfide) groups is 1. The molecular weight excluding hydrogens is 366 g/mol. The van der Waals surface area contributed by atoms with E-state index < -0.39 is 0 Å². The lowest BCUT2D eigenvalue weighted by Crippen LogP contribution is -2.07. The van der Waals surface area contributed by atoms with Crippen molar-refractivity contribution in [1.29, 1.82) is 0 Å². The van der Waals surface area contributed by atoms with E-state index in [-0.39, 0.29) is 5.56 Å². The fourth-order valence-corrected chi connectivity index (χ4v) is 3.83. The number of halogens is 1. The molecule has 8 heteroatoms. The molecule has 1 aromatic carbocycles. The Morgan fingerprint density at radius 1 is 1.25 bits per heavy atom. The first-order chi connectivity index (χ1) is 11.7. The normalized spacial score (nSPS) is 11.2. The van der Waals surface area contributed by atoms with Gasteiger partial charge < -0.3 is 9.40 Å². The van der Waals surface area contributed by atoms with Gasteiger partial charge in [0.1, 0.15) is 4.83 Å². The molecule has 0 amide bonds. The third kappa shape index (κ3) is 3.10. The number of benzene rings is 1. The average molecular weight is 376 g/mol. The molecule has 0 bridgehead atoms. The minimum Gasteiger partial charge on any atom is -0.440 e. The van der Waals surface area contributed by atoms with Gasteiger partial charge in [-0.15, -0.1) is 11.3 Å². The summed E-state index contributed by atoms with van der Waals surface area (Å²) in [7, 11) is 0. The van der Waals surface area contributed by atoms with Crippen molar-refractivity contribution in [3.63, 3.8) is 0 Å². The highest BCUT2D eigenvalue weighted by molar-refractivity contribution is 7.98. The van der Waals surface area contributed by atoms with Crippen molar-refractivity contribution in [2.75, 3.05) is 0 Å². The predicted molar refractivity (Wildman–Crippen MR) is 96.8 cm³/mol. The molecule has 3 heterocycles. The van der Waals surface area contributed by atoms with E-state index in [9.17, 15) is 4.79 Å². The maximum atomic E-state index is 11.9. The minimum atomic E-state index is -0.127. The van der Waals surface area contributed by atoms with Crippen LogP contribution in [-0.4, -0.2) is 15.0 Å². The average Bonchev–Trinajstić information content (AvgIpc) is 3.23. The van der Waals surface area contributed by atoms with Gasteiger partial charge in [-0.1, -0.05) is 23.4 Å². The quantitative estimate of drug-likeness (QED) is 0.417. The standard InChI is InChI=1S/C16H10ClN3O2S2/c17-10-3-1-9(2-4-10)12-7-18-13(22-12)8-24-16-19-14(21)11-5-6-23-15(11)20-16/h1-7H,8H2,(H,19,20,21). The van der Waals surface area contributed by atoms with E-state index in [1.807, 2.05) is 17.5 Å². The lowest BCUT2D eigenvalue weighted by molar-refractivity contribution is 0.530. The Hall–Kier alpha value is -2.09. The summed E-state index contributed by atoms with van der Waals surface area (Å²) in [6.45, 7) is 0. The Bertz CT molecular complexity index is 1050. The zero-order valence-corrected chi connectivity index (χ0v) is 14.5. The number of aromatic nitrogens is 3. The van der Waals surface area contributed by atoms with Gasteiger partial charge in [-0.3, -0.25) is 4.79 Å². The van der Waals surface area contributed by atoms with Crippen LogP contribution in [0.15, 0.2) is 56.3 Å². The molecule has 0 saturated heterocycles. The number of aromatic amines is 1. The van der Waals surface area contributed by atoms with Gasteiger partial charge >= 0.3 is 0 Å². The smallest absolute Gasteiger partial charge is 0.260 e. The Labute approximate surface area is 149 Å². The molecule has 0 aliphatic heterocycles. The molecule has 0 unspecified atom stereocenters. The topological polar surface area (TPSA) is 71.8 Å². The van der Waals surface area contributed by atoms with Crippen LogP contribution in [0.5, 0.6) is 0 Å². The van der Waals surface area contributed by atoms with Gasteiger partial charge in [0.2, 0.25) is 5.89 Å². The highest BCUT2D eigenvalue weighted by Crippen LogP contribution is 2.26. The molecule has 5 nitrogen and oxygen atoms in total. The maximum Gasteiger partial charge on any atom is 0.260 e. The molecule has 1 N–H and O–H groups in total. The number of hydrogen-bond donors (Lipinski definition) is 1. The maximum absolute atomic E-state index is 11.9. The summed E-state index contributed by atoms with van der Waals surface area (Å²) < 4.78 is 5.74. The number of H-pyrrole nitrogens is 1. The van der Waals surface area contributed by atoms with Gasteiger partial charge in [-0.05, 0) is 35.7 Å². The Morgan fingerprint density at radius 2 is 2.08 bits per heavy atom. The van der Waals surface area contributed by atoms with Crippen molar-refractivity contribution >= 4 is 44.9 Å². The number of hydrogen-bond acceptors (Lipinski definition) is 6. The van der Waals surface area contributed by atoms with Crippen LogP contribution in [0.1, 0.15) is 5.89 Å². The second kappa shape index (κ2) is 6.43. The van der Waals surface area contributed by atoms with E-state index in [0.717, 1.165) is 10.4 Å². The first-order valence-corrected chi connectivity index (χ1v) is 9.24. The second-order valence-electron chi connectivity index (χ2n) is 4.92. The number of nitrogens with one attached hydrogen (secondary N) is 1. The largest absolute Gasteiger partial charge is 0.440 e. The summed E-state index contributed by atoms with van der Waals surface area (Å²) in [6.07, 6.45) is 1.68. The molecule has 0 aliphatic carbocycles. The lowest BCUT2D eigenvalue weighted by atomic mass is 10.2. The van der Waals surface area contributed by atoms with Crippen LogP contribution in [0, 0.1) is 0 Å². The van der Waals surface area contributed by atoms with Crippen molar-refractivity contribution in [1.82, 2.24) is 15.0 Å². The van der Waals surface area contributed by atoms with E-state index in [0.29, 0.717) is 33.0 Å². The summed E-state index contributed by atoms with van der Waals surface area (Å²) in [4.78, 5) is 24.1. The van der Waals surface area contributed by atoms with Crippen molar-refractivity contribution in [3.8, 4) is 11.3 Å². The van der Waals surface area contributed by atoms with E-state index in [1.165, 1.54) is 23.1 Å². The molecule has 24 heavy (non-hydrogen) atoms. The Kier molecular flexibility index (Phi) is 4.13. The molecule has 120 valence electrons. The number of oxazole rings is 1. The summed E-state index contributed by atoms with van der Waals surface area (Å²) in [5, 5.41) is 3.70.